The van der Waals surface area contributed by atoms with Crippen LogP contribution < -0.4 is 9.64 Å². The molecule has 3 aromatic rings. The molecule has 0 spiro atoms. The minimum absolute atomic E-state index is 0.0000677. The third-order valence-corrected chi connectivity index (χ3v) is 5.39. The van der Waals surface area contributed by atoms with Crippen molar-refractivity contribution >= 4 is 11.6 Å². The Kier molecular flexibility index (Phi) is 6.18. The number of hydrogen-bond acceptors (Lipinski definition) is 4. The van der Waals surface area contributed by atoms with Gasteiger partial charge in [-0.15, -0.1) is 0 Å². The van der Waals surface area contributed by atoms with E-state index in [9.17, 15) is 9.90 Å². The molecule has 154 valence electrons. The van der Waals surface area contributed by atoms with Crippen LogP contribution in [0.5, 0.6) is 11.5 Å². The second kappa shape index (κ2) is 9.35. The Morgan fingerprint density at radius 1 is 0.867 bits per heavy atom. The first-order chi connectivity index (χ1) is 14.7. The molecule has 1 fully saturated rings. The normalized spacial score (nSPS) is 13.9. The number of benzene rings is 3. The molecule has 1 aliphatic rings. The summed E-state index contributed by atoms with van der Waals surface area (Å²) in [4.78, 5) is 16.7. The van der Waals surface area contributed by atoms with Crippen LogP contribution in [-0.2, 0) is 11.2 Å². The Morgan fingerprint density at radius 3 is 2.37 bits per heavy atom. The van der Waals surface area contributed by atoms with E-state index in [1.165, 1.54) is 5.56 Å². The van der Waals surface area contributed by atoms with Crippen molar-refractivity contribution in [3.8, 4) is 11.5 Å². The lowest BCUT2D eigenvalue weighted by atomic mass is 10.0. The summed E-state index contributed by atoms with van der Waals surface area (Å²) >= 11 is 0. The number of piperazine rings is 1. The van der Waals surface area contributed by atoms with E-state index in [-0.39, 0.29) is 18.3 Å². The van der Waals surface area contributed by atoms with Gasteiger partial charge in [-0.25, -0.2) is 0 Å². The largest absolute Gasteiger partial charge is 0.508 e. The van der Waals surface area contributed by atoms with E-state index in [0.29, 0.717) is 13.1 Å². The average Bonchev–Trinajstić information content (AvgIpc) is 2.79. The monoisotopic (exact) mass is 402 g/mol. The lowest BCUT2D eigenvalue weighted by molar-refractivity contribution is -0.133. The summed E-state index contributed by atoms with van der Waals surface area (Å²) in [6.07, 6.45) is 0.772. The maximum absolute atomic E-state index is 12.7. The van der Waals surface area contributed by atoms with Crippen LogP contribution in [0.4, 0.5) is 5.69 Å². The highest BCUT2D eigenvalue weighted by molar-refractivity contribution is 5.78. The summed E-state index contributed by atoms with van der Waals surface area (Å²) < 4.78 is 5.91. The highest BCUT2D eigenvalue weighted by Crippen LogP contribution is 2.23. The number of anilines is 1. The number of carbonyl (C=O) groups excluding carboxylic acids is 1. The molecule has 1 saturated heterocycles. The number of hydrogen-bond donors (Lipinski definition) is 1. The number of rotatable bonds is 6. The standard InChI is InChI=1S/C25H26N2O3/c28-23-11-6-10-22(18-23)26-13-15-27(16-14-26)25(29)19-30-24-12-5-4-9-21(24)17-20-7-2-1-3-8-20/h1-12,18,28H,13-17,19H2. The molecule has 0 radical (unpaired) electrons. The molecular formula is C25H26N2O3. The molecule has 0 aliphatic carbocycles. The van der Waals surface area contributed by atoms with Crippen LogP contribution in [0.25, 0.3) is 0 Å². The molecule has 0 saturated carbocycles. The Morgan fingerprint density at radius 2 is 1.60 bits per heavy atom. The molecule has 0 bridgehead atoms. The fourth-order valence-electron chi connectivity index (χ4n) is 3.74. The number of para-hydroxylation sites is 1. The second-order valence-electron chi connectivity index (χ2n) is 7.45. The third-order valence-electron chi connectivity index (χ3n) is 5.39. The number of ether oxygens (including phenoxy) is 1. The fraction of sp³-hybridized carbons (Fsp3) is 0.240. The fourth-order valence-corrected chi connectivity index (χ4v) is 3.74. The second-order valence-corrected chi connectivity index (χ2v) is 7.45. The zero-order chi connectivity index (χ0) is 20.8. The van der Waals surface area contributed by atoms with Crippen LogP contribution in [0.3, 0.4) is 0 Å². The van der Waals surface area contributed by atoms with E-state index in [4.69, 9.17) is 4.74 Å². The van der Waals surface area contributed by atoms with Crippen LogP contribution in [0.15, 0.2) is 78.9 Å². The van der Waals surface area contributed by atoms with Crippen molar-refractivity contribution < 1.29 is 14.6 Å². The van der Waals surface area contributed by atoms with Crippen LogP contribution in [0.1, 0.15) is 11.1 Å². The van der Waals surface area contributed by atoms with Gasteiger partial charge in [-0.2, -0.15) is 0 Å². The minimum atomic E-state index is 0.0000677. The van der Waals surface area contributed by atoms with E-state index in [1.807, 2.05) is 59.5 Å². The van der Waals surface area contributed by atoms with Gasteiger partial charge in [0.1, 0.15) is 11.5 Å². The quantitative estimate of drug-likeness (QED) is 0.683. The van der Waals surface area contributed by atoms with Gasteiger partial charge in [0, 0.05) is 44.4 Å². The van der Waals surface area contributed by atoms with E-state index in [2.05, 4.69) is 17.0 Å². The Labute approximate surface area is 177 Å². The van der Waals surface area contributed by atoms with Crippen LogP contribution in [-0.4, -0.2) is 48.7 Å². The molecule has 3 aromatic carbocycles. The lowest BCUT2D eigenvalue weighted by Crippen LogP contribution is -2.50. The van der Waals surface area contributed by atoms with E-state index < -0.39 is 0 Å². The number of phenols is 1. The van der Waals surface area contributed by atoms with Crippen molar-refractivity contribution in [3.63, 3.8) is 0 Å². The molecule has 5 nitrogen and oxygen atoms in total. The van der Waals surface area contributed by atoms with E-state index in [1.54, 1.807) is 12.1 Å². The maximum atomic E-state index is 12.7. The van der Waals surface area contributed by atoms with Gasteiger partial charge in [0.05, 0.1) is 0 Å². The molecule has 1 amide bonds. The highest BCUT2D eigenvalue weighted by atomic mass is 16.5. The first-order valence-corrected chi connectivity index (χ1v) is 10.3. The van der Waals surface area contributed by atoms with E-state index in [0.717, 1.165) is 36.5 Å². The summed E-state index contributed by atoms with van der Waals surface area (Å²) in [5.41, 5.74) is 3.27. The summed E-state index contributed by atoms with van der Waals surface area (Å²) in [6.45, 7) is 2.80. The van der Waals surface area contributed by atoms with Crippen molar-refractivity contribution in [2.45, 2.75) is 6.42 Å². The van der Waals surface area contributed by atoms with Gasteiger partial charge in [0.25, 0.3) is 5.91 Å². The lowest BCUT2D eigenvalue weighted by Gasteiger charge is -2.36. The minimum Gasteiger partial charge on any atom is -0.508 e. The number of aromatic hydroxyl groups is 1. The average molecular weight is 402 g/mol. The van der Waals surface area contributed by atoms with Gasteiger partial charge in [0.2, 0.25) is 0 Å². The summed E-state index contributed by atoms with van der Waals surface area (Å²) in [5.74, 6) is 1.02. The first-order valence-electron chi connectivity index (χ1n) is 10.3. The zero-order valence-electron chi connectivity index (χ0n) is 16.9. The summed E-state index contributed by atoms with van der Waals surface area (Å²) in [6, 6.07) is 25.4. The van der Waals surface area contributed by atoms with Crippen LogP contribution >= 0.6 is 0 Å². The predicted molar refractivity (Wildman–Crippen MR) is 118 cm³/mol. The maximum Gasteiger partial charge on any atom is 0.260 e. The summed E-state index contributed by atoms with van der Waals surface area (Å²) in [7, 11) is 0. The topological polar surface area (TPSA) is 53.0 Å². The van der Waals surface area contributed by atoms with Crippen molar-refractivity contribution in [1.82, 2.24) is 4.90 Å². The van der Waals surface area contributed by atoms with Gasteiger partial charge in [-0.3, -0.25) is 4.79 Å². The van der Waals surface area contributed by atoms with Crippen molar-refractivity contribution in [2.24, 2.45) is 0 Å². The predicted octanol–water partition coefficient (Wildman–Crippen LogP) is 3.71. The Bertz CT molecular complexity index is 982. The van der Waals surface area contributed by atoms with Crippen molar-refractivity contribution in [2.75, 3.05) is 37.7 Å². The van der Waals surface area contributed by atoms with Gasteiger partial charge < -0.3 is 19.6 Å². The number of amides is 1. The molecule has 1 heterocycles. The Balaban J connectivity index is 1.31. The zero-order valence-corrected chi connectivity index (χ0v) is 16.9. The van der Waals surface area contributed by atoms with Crippen LogP contribution in [0.2, 0.25) is 0 Å². The van der Waals surface area contributed by atoms with Gasteiger partial charge in [-0.1, -0.05) is 54.6 Å². The molecule has 0 aromatic heterocycles. The molecular weight excluding hydrogens is 376 g/mol. The Hall–Kier alpha value is -3.47. The number of phenolic OH excluding ortho intramolecular Hbond substituents is 1. The third kappa shape index (κ3) is 4.92. The SMILES string of the molecule is O=C(COc1ccccc1Cc1ccccc1)N1CCN(c2cccc(O)c2)CC1. The van der Waals surface area contributed by atoms with Gasteiger partial charge in [-0.05, 0) is 29.3 Å². The highest BCUT2D eigenvalue weighted by Gasteiger charge is 2.22. The summed E-state index contributed by atoms with van der Waals surface area (Å²) in [5, 5.41) is 9.67. The number of carbonyl (C=O) groups is 1. The van der Waals surface area contributed by atoms with Crippen LogP contribution in [0, 0.1) is 0 Å². The van der Waals surface area contributed by atoms with Gasteiger partial charge in [0.15, 0.2) is 6.61 Å². The molecule has 30 heavy (non-hydrogen) atoms. The molecule has 1 N–H and O–H groups in total. The molecule has 1 aliphatic heterocycles. The van der Waals surface area contributed by atoms with E-state index >= 15 is 0 Å². The molecule has 4 rings (SSSR count). The van der Waals surface area contributed by atoms with Crippen molar-refractivity contribution in [1.29, 1.82) is 0 Å². The number of nitrogens with zero attached hydrogens (tertiary/aromatic N) is 2. The van der Waals surface area contributed by atoms with Gasteiger partial charge >= 0.3 is 0 Å². The molecule has 0 atom stereocenters. The molecule has 5 heteroatoms. The van der Waals surface area contributed by atoms with Crippen molar-refractivity contribution in [3.05, 3.63) is 90.0 Å². The first kappa shape index (κ1) is 19.8. The molecule has 0 unspecified atom stereocenters. The smallest absolute Gasteiger partial charge is 0.260 e.